The van der Waals surface area contributed by atoms with E-state index >= 15 is 0 Å². The number of nitrogens with zero attached hydrogens (tertiary/aromatic N) is 4. The maximum Gasteiger partial charge on any atom is 0.417 e. The summed E-state index contributed by atoms with van der Waals surface area (Å²) in [6.45, 7) is 2.24. The summed E-state index contributed by atoms with van der Waals surface area (Å²) in [6, 6.07) is 2.87. The second-order valence-corrected chi connectivity index (χ2v) is 8.46. The molecule has 0 atom stereocenters. The normalized spacial score (nSPS) is 13.6. The molecule has 0 saturated heterocycles. The summed E-state index contributed by atoms with van der Waals surface area (Å²) in [7, 11) is 0. The summed E-state index contributed by atoms with van der Waals surface area (Å²) in [5.74, 6) is 0.307. The minimum Gasteiger partial charge on any atom is -0.305 e. The van der Waals surface area contributed by atoms with Crippen molar-refractivity contribution in [3.05, 3.63) is 53.2 Å². The zero-order valence-electron chi connectivity index (χ0n) is 15.2. The number of halogens is 3. The first kappa shape index (κ1) is 19.8. The number of carbonyl (C=O) groups excluding carboxylic acids is 1. The first-order valence-corrected chi connectivity index (χ1v) is 10.6. The van der Waals surface area contributed by atoms with Gasteiger partial charge in [-0.2, -0.15) is 13.2 Å². The van der Waals surface area contributed by atoms with Gasteiger partial charge in [0.1, 0.15) is 5.69 Å². The van der Waals surface area contributed by atoms with E-state index in [0.717, 1.165) is 28.5 Å². The first-order chi connectivity index (χ1) is 13.9. The lowest BCUT2D eigenvalue weighted by atomic mass is 10.2. The van der Waals surface area contributed by atoms with Crippen LogP contribution >= 0.6 is 23.1 Å². The predicted molar refractivity (Wildman–Crippen MR) is 106 cm³/mol. The Kier molecular flexibility index (Phi) is 5.30. The van der Waals surface area contributed by atoms with E-state index in [9.17, 15) is 18.0 Å². The van der Waals surface area contributed by atoms with Gasteiger partial charge in [0, 0.05) is 42.0 Å². The fourth-order valence-corrected chi connectivity index (χ4v) is 4.51. The average molecular weight is 436 g/mol. The maximum absolute atomic E-state index is 13.2. The van der Waals surface area contributed by atoms with Crippen LogP contribution in [0.4, 0.5) is 18.9 Å². The third-order valence-electron chi connectivity index (χ3n) is 4.45. The predicted octanol–water partition coefficient (Wildman–Crippen LogP) is 4.93. The summed E-state index contributed by atoms with van der Waals surface area (Å²) in [6.07, 6.45) is 0.0331. The maximum atomic E-state index is 13.2. The Morgan fingerprint density at radius 3 is 2.76 bits per heavy atom. The number of anilines is 1. The van der Waals surface area contributed by atoms with Crippen LogP contribution in [0, 0.1) is 0 Å². The van der Waals surface area contributed by atoms with Gasteiger partial charge in [-0.05, 0) is 17.9 Å². The molecular weight excluding hydrogens is 421 g/mol. The van der Waals surface area contributed by atoms with Gasteiger partial charge in [-0.1, -0.05) is 6.92 Å². The summed E-state index contributed by atoms with van der Waals surface area (Å²) in [5.41, 5.74) is 2.61. The Hall–Kier alpha value is -2.46. The third kappa shape index (κ3) is 3.86. The number of hydrogen-bond acceptors (Lipinski definition) is 6. The standard InChI is InChI=1S/C19H15F3N4OS2/c1-2-28-15-5-11(16-9-23-10-29-16)7-25-17(15)18(27)26-4-3-13-14(26)6-12(8-24-13)19(20,21)22/h5-10H,2-4H2,1H3. The molecule has 0 unspecified atom stereocenters. The van der Waals surface area contributed by atoms with E-state index in [1.165, 1.54) is 28.0 Å². The molecule has 1 aliphatic rings. The smallest absolute Gasteiger partial charge is 0.305 e. The van der Waals surface area contributed by atoms with Crippen LogP contribution in [0.2, 0.25) is 0 Å². The van der Waals surface area contributed by atoms with Gasteiger partial charge in [-0.15, -0.1) is 23.1 Å². The van der Waals surface area contributed by atoms with Crippen molar-refractivity contribution in [3.63, 3.8) is 0 Å². The highest BCUT2D eigenvalue weighted by molar-refractivity contribution is 7.99. The minimum atomic E-state index is -4.52. The molecule has 0 fully saturated rings. The van der Waals surface area contributed by atoms with E-state index < -0.39 is 17.6 Å². The Bertz CT molecular complexity index is 1050. The van der Waals surface area contributed by atoms with Gasteiger partial charge in [0.25, 0.3) is 5.91 Å². The van der Waals surface area contributed by atoms with Gasteiger partial charge in [-0.3, -0.25) is 14.8 Å². The second kappa shape index (κ2) is 7.75. The van der Waals surface area contributed by atoms with Gasteiger partial charge < -0.3 is 4.90 Å². The van der Waals surface area contributed by atoms with Crippen LogP contribution in [0.3, 0.4) is 0 Å². The summed E-state index contributed by atoms with van der Waals surface area (Å²) in [5, 5.41) is 0. The van der Waals surface area contributed by atoms with Crippen LogP contribution in [0.1, 0.15) is 28.7 Å². The molecule has 1 amide bonds. The number of rotatable bonds is 4. The lowest BCUT2D eigenvalue weighted by Gasteiger charge is -2.19. The van der Waals surface area contributed by atoms with E-state index in [-0.39, 0.29) is 17.9 Å². The largest absolute Gasteiger partial charge is 0.417 e. The molecule has 10 heteroatoms. The van der Waals surface area contributed by atoms with E-state index in [2.05, 4.69) is 15.0 Å². The van der Waals surface area contributed by atoms with Crippen LogP contribution in [-0.4, -0.2) is 33.2 Å². The highest BCUT2D eigenvalue weighted by Crippen LogP contribution is 2.36. The third-order valence-corrected chi connectivity index (χ3v) is 6.19. The van der Waals surface area contributed by atoms with E-state index in [4.69, 9.17) is 0 Å². The molecule has 3 aromatic heterocycles. The zero-order valence-corrected chi connectivity index (χ0v) is 16.9. The van der Waals surface area contributed by atoms with Gasteiger partial charge in [0.05, 0.1) is 27.3 Å². The van der Waals surface area contributed by atoms with Crippen LogP contribution in [0.25, 0.3) is 10.4 Å². The number of alkyl halides is 3. The Labute approximate surface area is 173 Å². The van der Waals surface area contributed by atoms with E-state index in [1.54, 1.807) is 17.9 Å². The molecular formula is C19H15F3N4OS2. The Morgan fingerprint density at radius 2 is 2.07 bits per heavy atom. The Morgan fingerprint density at radius 1 is 1.24 bits per heavy atom. The Balaban J connectivity index is 1.71. The molecule has 0 radical (unpaired) electrons. The van der Waals surface area contributed by atoms with Crippen LogP contribution in [0.15, 0.2) is 41.1 Å². The molecule has 3 aromatic rings. The lowest BCUT2D eigenvalue weighted by molar-refractivity contribution is -0.137. The molecule has 1 aliphatic heterocycles. The molecule has 0 aliphatic carbocycles. The zero-order chi connectivity index (χ0) is 20.6. The molecule has 0 aromatic carbocycles. The number of thioether (sulfide) groups is 1. The number of amides is 1. The molecule has 0 spiro atoms. The molecule has 5 nitrogen and oxygen atoms in total. The highest BCUT2D eigenvalue weighted by atomic mass is 32.2. The number of fused-ring (bicyclic) bond motifs is 1. The van der Waals surface area contributed by atoms with Crippen molar-refractivity contribution >= 4 is 34.7 Å². The monoisotopic (exact) mass is 436 g/mol. The fraction of sp³-hybridized carbons (Fsp3) is 0.263. The molecule has 4 heterocycles. The van der Waals surface area contributed by atoms with Crippen LogP contribution in [-0.2, 0) is 12.6 Å². The van der Waals surface area contributed by atoms with Gasteiger partial charge in [-0.25, -0.2) is 4.98 Å². The molecule has 29 heavy (non-hydrogen) atoms. The van der Waals surface area contributed by atoms with Crippen molar-refractivity contribution in [2.45, 2.75) is 24.4 Å². The quantitative estimate of drug-likeness (QED) is 0.543. The molecule has 0 N–H and O–H groups in total. The number of aromatic nitrogens is 3. The van der Waals surface area contributed by atoms with Crippen molar-refractivity contribution in [1.29, 1.82) is 0 Å². The molecule has 0 bridgehead atoms. The van der Waals surface area contributed by atoms with Crippen molar-refractivity contribution in [2.24, 2.45) is 0 Å². The average Bonchev–Trinajstić information content (AvgIpc) is 3.36. The second-order valence-electron chi connectivity index (χ2n) is 6.26. The van der Waals surface area contributed by atoms with Crippen LogP contribution < -0.4 is 4.90 Å². The topological polar surface area (TPSA) is 59.0 Å². The SMILES string of the molecule is CCSc1cc(-c2cncs2)cnc1C(=O)N1CCc2ncc(C(F)(F)F)cc21. The number of pyridine rings is 2. The van der Waals surface area contributed by atoms with Crippen LogP contribution in [0.5, 0.6) is 0 Å². The lowest BCUT2D eigenvalue weighted by Crippen LogP contribution is -2.30. The molecule has 4 rings (SSSR count). The van der Waals surface area contributed by atoms with Crippen molar-refractivity contribution in [1.82, 2.24) is 15.0 Å². The molecule has 0 saturated carbocycles. The summed E-state index contributed by atoms with van der Waals surface area (Å²) >= 11 is 2.93. The number of carbonyl (C=O) groups is 1. The fourth-order valence-electron chi connectivity index (χ4n) is 3.10. The minimum absolute atomic E-state index is 0.200. The molecule has 150 valence electrons. The van der Waals surface area contributed by atoms with Gasteiger partial charge >= 0.3 is 6.18 Å². The van der Waals surface area contributed by atoms with Gasteiger partial charge in [0.15, 0.2) is 0 Å². The number of hydrogen-bond donors (Lipinski definition) is 0. The summed E-state index contributed by atoms with van der Waals surface area (Å²) in [4.78, 5) is 28.5. The van der Waals surface area contributed by atoms with Crippen molar-refractivity contribution in [3.8, 4) is 10.4 Å². The van der Waals surface area contributed by atoms with E-state index in [1.807, 2.05) is 13.0 Å². The van der Waals surface area contributed by atoms with Crippen molar-refractivity contribution < 1.29 is 18.0 Å². The van der Waals surface area contributed by atoms with Gasteiger partial charge in [0.2, 0.25) is 0 Å². The summed E-state index contributed by atoms with van der Waals surface area (Å²) < 4.78 is 39.3. The van der Waals surface area contributed by atoms with Crippen molar-refractivity contribution in [2.75, 3.05) is 17.2 Å². The first-order valence-electron chi connectivity index (χ1n) is 8.78. The van der Waals surface area contributed by atoms with E-state index in [0.29, 0.717) is 17.0 Å². The number of thiazole rings is 1. The highest BCUT2D eigenvalue weighted by Gasteiger charge is 2.35.